The Kier molecular flexibility index (Phi) is 37.3. The number of nitrogens with zero attached hydrogens (tertiary/aromatic N) is 2. The van der Waals surface area contributed by atoms with Crippen LogP contribution in [0.3, 0.4) is 0 Å². The van der Waals surface area contributed by atoms with Crippen LogP contribution in [0.1, 0.15) is 165 Å². The number of hydrogen-bond acceptors (Lipinski definition) is 14. The van der Waals surface area contributed by atoms with Crippen molar-refractivity contribution in [1.29, 1.82) is 0 Å². The predicted molar refractivity (Wildman–Crippen MR) is 268 cm³/mol. The van der Waals surface area contributed by atoms with Crippen molar-refractivity contribution in [2.45, 2.75) is 171 Å². The molecule has 0 fully saturated rings. The van der Waals surface area contributed by atoms with Gasteiger partial charge in [-0.15, -0.1) is 0 Å². The minimum Gasteiger partial charge on any atom is -0.652 e. The molecule has 1 aliphatic carbocycles. The fourth-order valence-corrected chi connectivity index (χ4v) is 6.24. The molecule has 1 aliphatic rings. The molecule has 404 valence electrons. The van der Waals surface area contributed by atoms with Gasteiger partial charge in [-0.05, 0) is 117 Å². The van der Waals surface area contributed by atoms with Crippen LogP contribution in [0, 0.1) is 0 Å². The number of amides is 2. The van der Waals surface area contributed by atoms with Gasteiger partial charge in [0.1, 0.15) is 48.8 Å². The Hall–Kier alpha value is -5.02. The van der Waals surface area contributed by atoms with E-state index in [-0.39, 0.29) is 101 Å². The summed E-state index contributed by atoms with van der Waals surface area (Å²) in [6.45, 7) is 23.2. The van der Waals surface area contributed by atoms with E-state index in [1.807, 2.05) is 58.9 Å². The van der Waals surface area contributed by atoms with Gasteiger partial charge in [0, 0.05) is 38.0 Å². The summed E-state index contributed by atoms with van der Waals surface area (Å²) in [4.78, 5) is 111. The molecule has 20 heteroatoms. The third-order valence-corrected chi connectivity index (χ3v) is 8.83. The van der Waals surface area contributed by atoms with Gasteiger partial charge < -0.3 is 53.7 Å². The number of rotatable bonds is 21. The van der Waals surface area contributed by atoms with Gasteiger partial charge in [0.15, 0.2) is 0 Å². The summed E-state index contributed by atoms with van der Waals surface area (Å²) in [7, 11) is 0. The number of benzene rings is 2. The predicted octanol–water partition coefficient (Wildman–Crippen LogP) is 4.93. The fraction of sp³-hybridized carbons (Fsp3) is 0.585. The van der Waals surface area contributed by atoms with E-state index in [0.717, 1.165) is 11.3 Å². The zero-order chi connectivity index (χ0) is 55.8. The summed E-state index contributed by atoms with van der Waals surface area (Å²) >= 11 is 0. The van der Waals surface area contributed by atoms with E-state index in [9.17, 15) is 47.9 Å². The van der Waals surface area contributed by atoms with E-state index in [4.69, 9.17) is 34.3 Å². The monoisotopic (exact) mass is 1050 g/mol. The second-order valence-corrected chi connectivity index (χ2v) is 19.4. The van der Waals surface area contributed by atoms with Gasteiger partial charge in [0.05, 0.1) is 6.61 Å². The number of ether oxygens (including phenoxy) is 4. The van der Waals surface area contributed by atoms with Crippen LogP contribution in [0.15, 0.2) is 48.5 Å². The molecule has 0 atom stereocenters. The van der Waals surface area contributed by atoms with Crippen molar-refractivity contribution < 1.29 is 134 Å². The first kappa shape index (κ1) is 72.2. The molecule has 3 rings (SSSR count). The maximum atomic E-state index is 12.1. The third kappa shape index (κ3) is 37.4. The Morgan fingerprint density at radius 2 is 0.877 bits per heavy atom. The second-order valence-electron chi connectivity index (χ2n) is 19.4. The largest absolute Gasteiger partial charge is 1.00 e. The molecule has 2 amide bonds. The van der Waals surface area contributed by atoms with E-state index in [2.05, 4.69) is 24.3 Å². The first-order chi connectivity index (χ1) is 33.3. The van der Waals surface area contributed by atoms with Gasteiger partial charge in [-0.3, -0.25) is 38.4 Å². The van der Waals surface area contributed by atoms with E-state index in [1.54, 1.807) is 48.5 Å². The first-order valence-electron chi connectivity index (χ1n) is 23.8. The van der Waals surface area contributed by atoms with E-state index < -0.39 is 65.6 Å². The molecule has 2 aromatic rings. The molecule has 0 bridgehead atoms. The van der Waals surface area contributed by atoms with Crippen LogP contribution >= 0.6 is 0 Å². The SMILES string of the molecule is CC(=O)CCCC(=O)OC(C)(C)C.CCCC(=O)N(CC(=O)O)CC(=O)O.CCCC(=O)N(CC(=O)OC(C)(C)C)CC(=O)OC(C)(C)C.CCCC(=O)O.O=[C-]OCC1c2ccccc2-c2ccccc21.[K+]. The van der Waals surface area contributed by atoms with Crippen molar-refractivity contribution >= 4 is 59.9 Å². The van der Waals surface area contributed by atoms with Gasteiger partial charge in [0.2, 0.25) is 11.8 Å². The summed E-state index contributed by atoms with van der Waals surface area (Å²) in [5, 5.41) is 24.8. The Morgan fingerprint density at radius 3 is 1.18 bits per heavy atom. The molecule has 19 nitrogen and oxygen atoms in total. The smallest absolute Gasteiger partial charge is 0.652 e. The number of carboxylic acid groups (broad SMARTS) is 3. The van der Waals surface area contributed by atoms with Crippen molar-refractivity contribution in [3.63, 3.8) is 0 Å². The number of aliphatic carboxylic acids is 3. The van der Waals surface area contributed by atoms with Gasteiger partial charge in [0.25, 0.3) is 0 Å². The molecule has 0 heterocycles. The number of fused-ring (bicyclic) bond motifs is 3. The number of carbonyl (C=O) groups excluding carboxylic acids is 7. The van der Waals surface area contributed by atoms with Crippen LogP contribution in [0.2, 0.25) is 0 Å². The minimum absolute atomic E-state index is 0. The molecule has 73 heavy (non-hydrogen) atoms. The number of carboxylic acids is 3. The summed E-state index contributed by atoms with van der Waals surface area (Å²) in [6, 6.07) is 16.5. The van der Waals surface area contributed by atoms with Gasteiger partial charge in [-0.2, -0.15) is 0 Å². The summed E-state index contributed by atoms with van der Waals surface area (Å²) < 4.78 is 20.3. The molecule has 0 spiro atoms. The average molecular weight is 1060 g/mol. The molecule has 3 N–H and O–H groups in total. The maximum Gasteiger partial charge on any atom is 1.00 e. The number of Topliss-reactive ketones (excluding diaryl/α,β-unsaturated/α-hetero) is 1. The number of carbonyl (C=O) groups is 9. The topological polar surface area (TPSA) is 275 Å². The number of ketones is 1. The van der Waals surface area contributed by atoms with Crippen molar-refractivity contribution in [2.75, 3.05) is 32.8 Å². The Labute approximate surface area is 473 Å². The third-order valence-electron chi connectivity index (χ3n) is 8.83. The minimum atomic E-state index is -1.21. The van der Waals surface area contributed by atoms with Crippen LogP contribution in [-0.2, 0) is 66.9 Å². The van der Waals surface area contributed by atoms with Crippen molar-refractivity contribution in [3.8, 4) is 11.1 Å². The second kappa shape index (κ2) is 37.7. The molecule has 0 aromatic heterocycles. The van der Waals surface area contributed by atoms with Crippen molar-refractivity contribution in [1.82, 2.24) is 9.80 Å². The quantitative estimate of drug-likeness (QED) is 0.0647. The number of esters is 3. The van der Waals surface area contributed by atoms with Crippen LogP contribution < -0.4 is 51.4 Å². The molecule has 0 aliphatic heterocycles. The molecule has 0 unspecified atom stereocenters. The Morgan fingerprint density at radius 1 is 0.521 bits per heavy atom. The van der Waals surface area contributed by atoms with Gasteiger partial charge in [-0.25, -0.2) is 0 Å². The Balaban J connectivity index is -0.000000872. The molecule has 0 radical (unpaired) electrons. The first-order valence-corrected chi connectivity index (χ1v) is 23.8. The van der Waals surface area contributed by atoms with Crippen LogP contribution in [0.5, 0.6) is 0 Å². The van der Waals surface area contributed by atoms with Crippen molar-refractivity contribution in [2.24, 2.45) is 0 Å². The zero-order valence-electron chi connectivity index (χ0n) is 45.5. The molecule has 2 aromatic carbocycles. The maximum absolute atomic E-state index is 12.1. The molecular weight excluding hydrogens is 976 g/mol. The Bertz CT molecular complexity index is 1980. The van der Waals surface area contributed by atoms with Gasteiger partial charge >= 0.3 is 87.2 Å². The summed E-state index contributed by atoms with van der Waals surface area (Å²) in [5.74, 6) is -4.90. The zero-order valence-corrected chi connectivity index (χ0v) is 48.7. The van der Waals surface area contributed by atoms with Crippen LogP contribution in [-0.4, -0.2) is 135 Å². The fourth-order valence-electron chi connectivity index (χ4n) is 6.24. The summed E-state index contributed by atoms with van der Waals surface area (Å²) in [6.07, 6.45) is 4.04. The van der Waals surface area contributed by atoms with Gasteiger partial charge in [-0.1, -0.05) is 75.8 Å². The standard InChI is InChI=1S/C16H29NO5.C15H11O2.C10H18O3.C8H13NO5.C4H8O2.K/c1-8-9-12(18)17(10-13(19)21-15(2,3)4)11-14(20)22-16(5,6)7;16-10-17-9-15-13-7-3-1-5-11(13)12-6-2-4-8-14(12)15;1-8(11)6-5-7-9(12)13-10(2,3)4;1-2-3-6(10)9(4-7(11)12)5-8(13)14;1-2-3-4(5)6;/h8-11H2,1-7H3;1-8,15H,9H2;5-7H2,1-4H3;2-5H2,1H3,(H,11,12)(H,13,14);2-3H2,1H3,(H,5,6);/q;-1;;;;+1. The average Bonchev–Trinajstić information content (AvgIpc) is 3.54. The summed E-state index contributed by atoms with van der Waals surface area (Å²) in [5.41, 5.74) is 3.23. The van der Waals surface area contributed by atoms with Crippen LogP contribution in [0.25, 0.3) is 11.1 Å². The molecule has 0 saturated heterocycles. The van der Waals surface area contributed by atoms with E-state index >= 15 is 0 Å². The van der Waals surface area contributed by atoms with E-state index in [1.165, 1.54) is 40.5 Å². The molecule has 0 saturated carbocycles. The van der Waals surface area contributed by atoms with Crippen molar-refractivity contribution in [3.05, 3.63) is 59.7 Å². The number of hydrogen-bond donors (Lipinski definition) is 3. The molecular formula is C53H79KN2O17. The normalized spacial score (nSPS) is 11.0. The van der Waals surface area contributed by atoms with E-state index in [0.29, 0.717) is 45.1 Å². The van der Waals surface area contributed by atoms with Crippen LogP contribution in [0.4, 0.5) is 0 Å².